The zero-order valence-electron chi connectivity index (χ0n) is 15.4. The second-order valence-corrected chi connectivity index (χ2v) is 7.72. The predicted octanol–water partition coefficient (Wildman–Crippen LogP) is 4.35. The number of anilines is 3. The first kappa shape index (κ1) is 18.3. The van der Waals surface area contributed by atoms with E-state index in [2.05, 4.69) is 15.2 Å². The van der Waals surface area contributed by atoms with Gasteiger partial charge < -0.3 is 21.1 Å². The van der Waals surface area contributed by atoms with Crippen molar-refractivity contribution in [1.29, 1.82) is 0 Å². The number of carbonyl (C=O) groups is 1. The Morgan fingerprint density at radius 3 is 2.71 bits per heavy atom. The molecule has 1 aromatic heterocycles. The minimum Gasteiger partial charge on any atom is -0.508 e. The molecule has 0 bridgehead atoms. The monoisotopic (exact) mass is 394 g/mol. The smallest absolute Gasteiger partial charge is 0.248 e. The normalized spacial score (nSPS) is 14.1. The number of nitrogens with one attached hydrogen (secondary N) is 1. The van der Waals surface area contributed by atoms with Crippen LogP contribution in [0, 0.1) is 0 Å². The van der Waals surface area contributed by atoms with Gasteiger partial charge >= 0.3 is 0 Å². The molecule has 2 heterocycles. The van der Waals surface area contributed by atoms with Crippen molar-refractivity contribution >= 4 is 33.8 Å². The van der Waals surface area contributed by atoms with E-state index in [4.69, 9.17) is 5.73 Å². The summed E-state index contributed by atoms with van der Waals surface area (Å²) in [6, 6.07) is 12.5. The van der Waals surface area contributed by atoms with Crippen molar-refractivity contribution < 1.29 is 9.90 Å². The molecule has 144 valence electrons. The van der Waals surface area contributed by atoms with Gasteiger partial charge in [0.2, 0.25) is 5.91 Å². The Morgan fingerprint density at radius 1 is 1.14 bits per heavy atom. The zero-order chi connectivity index (χ0) is 19.5. The van der Waals surface area contributed by atoms with Gasteiger partial charge in [0.15, 0.2) is 5.13 Å². The van der Waals surface area contributed by atoms with Crippen LogP contribution in [0.15, 0.2) is 47.8 Å². The molecule has 1 aliphatic rings. The van der Waals surface area contributed by atoms with E-state index in [-0.39, 0.29) is 5.75 Å². The van der Waals surface area contributed by atoms with E-state index in [0.717, 1.165) is 53.7 Å². The number of phenolic OH excluding ortho intramolecular Hbond substituents is 1. The van der Waals surface area contributed by atoms with Crippen LogP contribution in [0.25, 0.3) is 11.3 Å². The number of hydrogen-bond donors (Lipinski definition) is 3. The highest BCUT2D eigenvalue weighted by Gasteiger charge is 2.17. The van der Waals surface area contributed by atoms with Crippen LogP contribution >= 0.6 is 11.3 Å². The Kier molecular flexibility index (Phi) is 5.16. The van der Waals surface area contributed by atoms with Crippen LogP contribution in [0.2, 0.25) is 0 Å². The summed E-state index contributed by atoms with van der Waals surface area (Å²) in [5.41, 5.74) is 9.47. The molecule has 7 heteroatoms. The molecule has 1 amide bonds. The molecule has 1 saturated heterocycles. The molecule has 0 aliphatic carbocycles. The van der Waals surface area contributed by atoms with Crippen LogP contribution in [0.5, 0.6) is 5.75 Å². The van der Waals surface area contributed by atoms with Gasteiger partial charge in [-0.3, -0.25) is 4.79 Å². The van der Waals surface area contributed by atoms with Crippen LogP contribution < -0.4 is 16.0 Å². The summed E-state index contributed by atoms with van der Waals surface area (Å²) in [6.07, 6.45) is 3.57. The summed E-state index contributed by atoms with van der Waals surface area (Å²) in [5.74, 6) is -0.241. The van der Waals surface area contributed by atoms with Crippen molar-refractivity contribution in [3.05, 3.63) is 53.4 Å². The maximum Gasteiger partial charge on any atom is 0.248 e. The maximum absolute atomic E-state index is 11.7. The Hall–Kier alpha value is -3.06. The number of aromatic hydroxyl groups is 1. The standard InChI is InChI=1S/C21H22N4O2S/c22-20(27)15-7-8-19(25-9-2-1-3-10-25)17(12-15)23-21-24-18(13-28-21)14-5-4-6-16(26)11-14/h4-8,11-13,26H,1-3,9-10H2,(H2,22,27)(H,23,24). The Bertz CT molecular complexity index is 996. The van der Waals surface area contributed by atoms with Crippen LogP contribution in [-0.2, 0) is 0 Å². The number of primary amides is 1. The molecular weight excluding hydrogens is 372 g/mol. The lowest BCUT2D eigenvalue weighted by atomic mass is 10.1. The number of phenols is 1. The molecule has 28 heavy (non-hydrogen) atoms. The van der Waals surface area contributed by atoms with E-state index in [1.54, 1.807) is 30.3 Å². The summed E-state index contributed by atoms with van der Waals surface area (Å²) in [7, 11) is 0. The number of thiazole rings is 1. The average molecular weight is 394 g/mol. The third kappa shape index (κ3) is 3.94. The molecule has 6 nitrogen and oxygen atoms in total. The van der Waals surface area contributed by atoms with Crippen LogP contribution in [0.4, 0.5) is 16.5 Å². The van der Waals surface area contributed by atoms with E-state index in [1.165, 1.54) is 17.8 Å². The van der Waals surface area contributed by atoms with Crippen molar-refractivity contribution in [1.82, 2.24) is 4.98 Å². The number of carbonyl (C=O) groups excluding carboxylic acids is 1. The molecule has 3 aromatic rings. The van der Waals surface area contributed by atoms with E-state index < -0.39 is 5.91 Å². The third-order valence-electron chi connectivity index (χ3n) is 4.87. The van der Waals surface area contributed by atoms with Crippen LogP contribution in [-0.4, -0.2) is 29.1 Å². The van der Waals surface area contributed by atoms with Gasteiger partial charge in [0.25, 0.3) is 0 Å². The summed E-state index contributed by atoms with van der Waals surface area (Å²) in [6.45, 7) is 1.99. The fourth-order valence-electron chi connectivity index (χ4n) is 3.44. The molecule has 1 fully saturated rings. The van der Waals surface area contributed by atoms with Gasteiger partial charge in [-0.15, -0.1) is 11.3 Å². The number of hydrogen-bond acceptors (Lipinski definition) is 6. The molecule has 1 aliphatic heterocycles. The fourth-order valence-corrected chi connectivity index (χ4v) is 4.18. The Balaban J connectivity index is 1.64. The maximum atomic E-state index is 11.7. The molecule has 0 unspecified atom stereocenters. The largest absolute Gasteiger partial charge is 0.508 e. The predicted molar refractivity (Wildman–Crippen MR) is 114 cm³/mol. The number of amides is 1. The van der Waals surface area contributed by atoms with Crippen molar-refractivity contribution in [2.24, 2.45) is 5.73 Å². The van der Waals surface area contributed by atoms with Gasteiger partial charge in [0.05, 0.1) is 17.1 Å². The topological polar surface area (TPSA) is 91.5 Å². The van der Waals surface area contributed by atoms with Crippen molar-refractivity contribution in [3.63, 3.8) is 0 Å². The third-order valence-corrected chi connectivity index (χ3v) is 5.62. The molecular formula is C21H22N4O2S. The average Bonchev–Trinajstić information content (AvgIpc) is 3.17. The molecule has 0 atom stereocenters. The molecule has 4 rings (SSSR count). The van der Waals surface area contributed by atoms with E-state index in [0.29, 0.717) is 5.56 Å². The van der Waals surface area contributed by atoms with Crippen molar-refractivity contribution in [2.45, 2.75) is 19.3 Å². The SMILES string of the molecule is NC(=O)c1ccc(N2CCCCC2)c(Nc2nc(-c3cccc(O)c3)cs2)c1. The number of rotatable bonds is 5. The van der Waals surface area contributed by atoms with Gasteiger partial charge in [-0.2, -0.15) is 0 Å². The van der Waals surface area contributed by atoms with Crippen molar-refractivity contribution in [2.75, 3.05) is 23.3 Å². The first-order valence-electron chi connectivity index (χ1n) is 9.31. The van der Waals surface area contributed by atoms with Crippen LogP contribution in [0.3, 0.4) is 0 Å². The summed E-state index contributed by atoms with van der Waals surface area (Å²) < 4.78 is 0. The second-order valence-electron chi connectivity index (χ2n) is 6.86. The first-order chi connectivity index (χ1) is 13.6. The lowest BCUT2D eigenvalue weighted by Crippen LogP contribution is -2.30. The number of piperidine rings is 1. The zero-order valence-corrected chi connectivity index (χ0v) is 16.2. The lowest BCUT2D eigenvalue weighted by molar-refractivity contribution is 0.100. The molecule has 0 radical (unpaired) electrons. The van der Waals surface area contributed by atoms with Crippen LogP contribution in [0.1, 0.15) is 29.6 Å². The highest BCUT2D eigenvalue weighted by Crippen LogP contribution is 2.34. The Morgan fingerprint density at radius 2 is 1.96 bits per heavy atom. The molecule has 0 saturated carbocycles. The van der Waals surface area contributed by atoms with Gasteiger partial charge in [-0.25, -0.2) is 4.98 Å². The van der Waals surface area contributed by atoms with Gasteiger partial charge in [0, 0.05) is 29.6 Å². The number of aromatic nitrogens is 1. The fraction of sp³-hybridized carbons (Fsp3) is 0.238. The van der Waals surface area contributed by atoms with Gasteiger partial charge in [-0.05, 0) is 49.6 Å². The number of nitrogens with zero attached hydrogens (tertiary/aromatic N) is 2. The minimum absolute atomic E-state index is 0.210. The van der Waals surface area contributed by atoms with E-state index in [9.17, 15) is 9.90 Å². The molecule has 4 N–H and O–H groups in total. The second kappa shape index (κ2) is 7.90. The Labute approximate surface area is 167 Å². The lowest BCUT2D eigenvalue weighted by Gasteiger charge is -2.30. The first-order valence-corrected chi connectivity index (χ1v) is 10.2. The quantitative estimate of drug-likeness (QED) is 0.598. The number of benzene rings is 2. The summed E-state index contributed by atoms with van der Waals surface area (Å²) >= 11 is 1.48. The van der Waals surface area contributed by atoms with E-state index in [1.807, 2.05) is 17.5 Å². The number of nitrogens with two attached hydrogens (primary N) is 1. The molecule has 2 aromatic carbocycles. The van der Waals surface area contributed by atoms with Crippen molar-refractivity contribution in [3.8, 4) is 17.0 Å². The summed E-state index contributed by atoms with van der Waals surface area (Å²) in [5, 5.41) is 15.7. The van der Waals surface area contributed by atoms with Gasteiger partial charge in [-0.1, -0.05) is 12.1 Å². The minimum atomic E-state index is -0.451. The van der Waals surface area contributed by atoms with Gasteiger partial charge in [0.1, 0.15) is 5.75 Å². The highest BCUT2D eigenvalue weighted by molar-refractivity contribution is 7.14. The highest BCUT2D eigenvalue weighted by atomic mass is 32.1. The molecule has 0 spiro atoms. The van der Waals surface area contributed by atoms with E-state index >= 15 is 0 Å². The summed E-state index contributed by atoms with van der Waals surface area (Å²) in [4.78, 5) is 18.6.